The fourth-order valence-corrected chi connectivity index (χ4v) is 2.41. The quantitative estimate of drug-likeness (QED) is 0.701. The Morgan fingerprint density at radius 3 is 2.04 bits per heavy atom. The lowest BCUT2D eigenvalue weighted by Crippen LogP contribution is -2.03. The molecule has 0 aliphatic carbocycles. The highest BCUT2D eigenvalue weighted by Gasteiger charge is 1.99. The minimum Gasteiger partial charge on any atom is -0.439 e. The predicted octanol–water partition coefficient (Wildman–Crippen LogP) is 5.20. The fraction of sp³-hybridized carbons (Fsp3) is 0.238. The van der Waals surface area contributed by atoms with Gasteiger partial charge in [0.15, 0.2) is 0 Å². The number of ether oxygens (including phenoxy) is 2. The number of anilines is 2. The second-order valence-electron chi connectivity index (χ2n) is 5.81. The number of hydrogen-bond donors (Lipinski definition) is 1. The Morgan fingerprint density at radius 2 is 1.50 bits per heavy atom. The van der Waals surface area contributed by atoms with E-state index in [2.05, 4.69) is 15.3 Å². The van der Waals surface area contributed by atoms with Crippen LogP contribution >= 0.6 is 0 Å². The molecule has 1 aliphatic heterocycles. The molecule has 1 fully saturated rings. The highest BCUT2D eigenvalue weighted by molar-refractivity contribution is 5.56. The molecule has 0 unspecified atom stereocenters. The Kier molecular flexibility index (Phi) is 6.99. The minimum atomic E-state index is 0.581. The van der Waals surface area contributed by atoms with Crippen LogP contribution in [0.1, 0.15) is 19.3 Å². The maximum absolute atomic E-state index is 5.63. The van der Waals surface area contributed by atoms with E-state index < -0.39 is 0 Å². The van der Waals surface area contributed by atoms with Gasteiger partial charge >= 0.3 is 0 Å². The van der Waals surface area contributed by atoms with Crippen molar-refractivity contribution >= 4 is 11.5 Å². The summed E-state index contributed by atoms with van der Waals surface area (Å²) in [6.45, 7) is 2.00. The van der Waals surface area contributed by atoms with Crippen LogP contribution in [0.5, 0.6) is 11.6 Å². The topological polar surface area (TPSA) is 56.3 Å². The molecule has 0 amide bonds. The van der Waals surface area contributed by atoms with Crippen LogP contribution in [0.3, 0.4) is 0 Å². The molecular weight excluding hydrogens is 326 g/mol. The van der Waals surface area contributed by atoms with E-state index in [1.807, 2.05) is 60.7 Å². The van der Waals surface area contributed by atoms with Crippen molar-refractivity contribution in [2.75, 3.05) is 18.5 Å². The van der Waals surface area contributed by atoms with E-state index >= 15 is 0 Å². The number of nitrogens with zero attached hydrogens (tertiary/aromatic N) is 2. The van der Waals surface area contributed by atoms with E-state index in [1.165, 1.54) is 19.3 Å². The average molecular weight is 349 g/mol. The van der Waals surface area contributed by atoms with Crippen LogP contribution in [-0.2, 0) is 4.74 Å². The molecule has 0 saturated carbocycles. The second-order valence-corrected chi connectivity index (χ2v) is 5.81. The molecule has 0 bridgehead atoms. The number of rotatable bonds is 4. The van der Waals surface area contributed by atoms with Crippen molar-refractivity contribution < 1.29 is 9.47 Å². The highest BCUT2D eigenvalue weighted by atomic mass is 16.5. The Morgan fingerprint density at radius 1 is 0.769 bits per heavy atom. The molecule has 1 saturated heterocycles. The SMILES string of the molecule is C1CCOCC1.c1ccc(Nc2ccc(Oc3ccccn3)cc2)nc1. The first-order valence-electron chi connectivity index (χ1n) is 8.85. The molecule has 0 radical (unpaired) electrons. The molecule has 26 heavy (non-hydrogen) atoms. The van der Waals surface area contributed by atoms with E-state index in [9.17, 15) is 0 Å². The molecule has 3 aromatic rings. The van der Waals surface area contributed by atoms with Crippen LogP contribution in [-0.4, -0.2) is 23.2 Å². The first-order chi connectivity index (χ1) is 12.9. The number of aromatic nitrogens is 2. The number of pyridine rings is 2. The molecule has 1 aliphatic rings. The summed E-state index contributed by atoms with van der Waals surface area (Å²) in [5, 5.41) is 3.21. The normalized spacial score (nSPS) is 13.2. The summed E-state index contributed by atoms with van der Waals surface area (Å²) in [6.07, 6.45) is 7.38. The zero-order valence-corrected chi connectivity index (χ0v) is 14.7. The Hall–Kier alpha value is -2.92. The lowest BCUT2D eigenvalue weighted by molar-refractivity contribution is 0.0968. The molecule has 2 aromatic heterocycles. The van der Waals surface area contributed by atoms with Crippen molar-refractivity contribution in [2.45, 2.75) is 19.3 Å². The molecule has 3 heterocycles. The van der Waals surface area contributed by atoms with E-state index in [0.29, 0.717) is 5.88 Å². The van der Waals surface area contributed by atoms with Gasteiger partial charge in [0, 0.05) is 37.4 Å². The van der Waals surface area contributed by atoms with Crippen LogP contribution in [0, 0.1) is 0 Å². The number of hydrogen-bond acceptors (Lipinski definition) is 5. The largest absolute Gasteiger partial charge is 0.439 e. The Labute approximate surface area is 154 Å². The van der Waals surface area contributed by atoms with Crippen LogP contribution < -0.4 is 10.1 Å². The zero-order valence-electron chi connectivity index (χ0n) is 14.7. The maximum Gasteiger partial charge on any atom is 0.219 e. The number of nitrogens with one attached hydrogen (secondary N) is 1. The van der Waals surface area contributed by atoms with Crippen molar-refractivity contribution in [1.29, 1.82) is 0 Å². The van der Waals surface area contributed by atoms with Crippen molar-refractivity contribution in [2.24, 2.45) is 0 Å². The van der Waals surface area contributed by atoms with Gasteiger partial charge in [0.25, 0.3) is 0 Å². The smallest absolute Gasteiger partial charge is 0.219 e. The standard InChI is InChI=1S/C16H13N3O.C5H10O/c1-3-11-17-15(5-1)19-13-7-9-14(10-8-13)20-16-6-2-4-12-18-16;1-2-4-6-5-3-1/h1-12H,(H,17,19);1-5H2. The molecule has 1 aromatic carbocycles. The van der Waals surface area contributed by atoms with E-state index in [4.69, 9.17) is 9.47 Å². The lowest BCUT2D eigenvalue weighted by atomic mass is 10.2. The molecule has 5 nitrogen and oxygen atoms in total. The maximum atomic E-state index is 5.63. The lowest BCUT2D eigenvalue weighted by Gasteiger charge is -2.08. The fourth-order valence-electron chi connectivity index (χ4n) is 2.41. The van der Waals surface area contributed by atoms with Crippen LogP contribution in [0.2, 0.25) is 0 Å². The summed E-state index contributed by atoms with van der Waals surface area (Å²) >= 11 is 0. The molecule has 4 rings (SSSR count). The van der Waals surface area contributed by atoms with Crippen molar-refractivity contribution in [3.8, 4) is 11.6 Å². The average Bonchev–Trinajstić information content (AvgIpc) is 2.73. The van der Waals surface area contributed by atoms with Gasteiger partial charge in [0.2, 0.25) is 5.88 Å². The molecular formula is C21H23N3O2. The molecule has 5 heteroatoms. The van der Waals surface area contributed by atoms with Gasteiger partial charge in [-0.1, -0.05) is 12.1 Å². The summed E-state index contributed by atoms with van der Waals surface area (Å²) < 4.78 is 10.7. The predicted molar refractivity (Wildman–Crippen MR) is 103 cm³/mol. The third-order valence-corrected chi connectivity index (χ3v) is 3.73. The number of benzene rings is 1. The summed E-state index contributed by atoms with van der Waals surface area (Å²) in [6, 6.07) is 19.0. The van der Waals surface area contributed by atoms with Gasteiger partial charge in [-0.05, 0) is 61.7 Å². The van der Waals surface area contributed by atoms with E-state index in [1.54, 1.807) is 12.4 Å². The van der Waals surface area contributed by atoms with E-state index in [0.717, 1.165) is 30.5 Å². The summed E-state index contributed by atoms with van der Waals surface area (Å²) in [4.78, 5) is 8.33. The monoisotopic (exact) mass is 349 g/mol. The van der Waals surface area contributed by atoms with Crippen LogP contribution in [0.25, 0.3) is 0 Å². The molecule has 0 spiro atoms. The first kappa shape index (κ1) is 17.9. The Bertz CT molecular complexity index is 673. The van der Waals surface area contributed by atoms with Gasteiger partial charge in [-0.15, -0.1) is 0 Å². The third-order valence-electron chi connectivity index (χ3n) is 3.73. The summed E-state index contributed by atoms with van der Waals surface area (Å²) in [5.41, 5.74) is 0.956. The van der Waals surface area contributed by atoms with Crippen molar-refractivity contribution in [1.82, 2.24) is 9.97 Å². The van der Waals surface area contributed by atoms with E-state index in [-0.39, 0.29) is 0 Å². The van der Waals surface area contributed by atoms with Crippen molar-refractivity contribution in [3.05, 3.63) is 73.1 Å². The van der Waals surface area contributed by atoms with Gasteiger partial charge in [-0.25, -0.2) is 9.97 Å². The summed E-state index contributed by atoms with van der Waals surface area (Å²) in [7, 11) is 0. The zero-order chi connectivity index (χ0) is 17.9. The molecule has 0 atom stereocenters. The first-order valence-corrected chi connectivity index (χ1v) is 8.85. The highest BCUT2D eigenvalue weighted by Crippen LogP contribution is 2.22. The van der Waals surface area contributed by atoms with Gasteiger partial charge in [-0.3, -0.25) is 0 Å². The van der Waals surface area contributed by atoms with Crippen LogP contribution in [0.4, 0.5) is 11.5 Å². The Balaban J connectivity index is 0.000000278. The van der Waals surface area contributed by atoms with Gasteiger partial charge in [0.05, 0.1) is 0 Å². The van der Waals surface area contributed by atoms with Gasteiger partial charge < -0.3 is 14.8 Å². The molecule has 1 N–H and O–H groups in total. The third kappa shape index (κ3) is 6.18. The second kappa shape index (κ2) is 10.2. The van der Waals surface area contributed by atoms with Gasteiger partial charge in [0.1, 0.15) is 11.6 Å². The van der Waals surface area contributed by atoms with Gasteiger partial charge in [-0.2, -0.15) is 0 Å². The molecule has 134 valence electrons. The minimum absolute atomic E-state index is 0.581. The van der Waals surface area contributed by atoms with Crippen LogP contribution in [0.15, 0.2) is 73.1 Å². The summed E-state index contributed by atoms with van der Waals surface area (Å²) in [5.74, 6) is 2.14. The van der Waals surface area contributed by atoms with Crippen molar-refractivity contribution in [3.63, 3.8) is 0 Å².